The van der Waals surface area contributed by atoms with E-state index in [-0.39, 0.29) is 131 Å². The number of hydrogen-bond donors (Lipinski definition) is 3. The Bertz CT molecular complexity index is 34.9. The molecule has 42 valence electrons. The van der Waals surface area contributed by atoms with Crippen LogP contribution in [-0.4, -0.2) is 153 Å². The Hall–Kier alpha value is 3.88. The first-order chi connectivity index (χ1) is 2.81. The molecule has 0 unspecified atom stereocenters. The van der Waals surface area contributed by atoms with E-state index in [2.05, 4.69) is 0 Å². The molecule has 4 radical (unpaired) electrons. The fourth-order valence-electron chi connectivity index (χ4n) is 0.0577. The molecule has 0 aromatic carbocycles. The first-order valence-corrected chi connectivity index (χ1v) is 1.71. The first kappa shape index (κ1) is 29.2. The Kier molecular flexibility index (Phi) is 67.3. The quantitative estimate of drug-likeness (QED) is 0.396. The summed E-state index contributed by atoms with van der Waals surface area (Å²) in [6, 6.07) is 0. The largest absolute Gasteiger partial charge is 0.394 e. The molecule has 0 rings (SSSR count). The molecule has 0 fully saturated rings. The van der Waals surface area contributed by atoms with Crippen LogP contribution < -0.4 is 0 Å². The van der Waals surface area contributed by atoms with Gasteiger partial charge in [0.1, 0.15) is 6.10 Å². The van der Waals surface area contributed by atoms with Gasteiger partial charge in [0.15, 0.2) is 0 Å². The molecule has 10 heavy (non-hydrogen) atoms. The Balaban J connectivity index is -0.0000000208. The Labute approximate surface area is 150 Å². The van der Waals surface area contributed by atoms with Crippen LogP contribution in [0.25, 0.3) is 0 Å². The molecule has 0 aromatic rings. The Morgan fingerprint density at radius 1 is 0.800 bits per heavy atom. The molecular formula is C3H8Na4O3. The predicted octanol–water partition coefficient (Wildman–Crippen LogP) is -3.19. The molecule has 0 aliphatic heterocycles. The van der Waals surface area contributed by atoms with Crippen molar-refractivity contribution in [3.8, 4) is 0 Å². The van der Waals surface area contributed by atoms with Gasteiger partial charge in [0.2, 0.25) is 0 Å². The third kappa shape index (κ3) is 22.6. The molecule has 3 nitrogen and oxygen atoms in total. The van der Waals surface area contributed by atoms with Crippen molar-refractivity contribution in [2.24, 2.45) is 0 Å². The van der Waals surface area contributed by atoms with Crippen LogP contribution in [-0.2, 0) is 0 Å². The van der Waals surface area contributed by atoms with Crippen molar-refractivity contribution in [1.82, 2.24) is 0 Å². The van der Waals surface area contributed by atoms with Crippen molar-refractivity contribution in [2.75, 3.05) is 13.2 Å². The van der Waals surface area contributed by atoms with Gasteiger partial charge < -0.3 is 15.3 Å². The maximum absolute atomic E-state index is 8.17. The molecule has 0 saturated carbocycles. The molecule has 0 spiro atoms. The van der Waals surface area contributed by atoms with Crippen molar-refractivity contribution >= 4 is 118 Å². The zero-order valence-electron chi connectivity index (χ0n) is 7.33. The van der Waals surface area contributed by atoms with Gasteiger partial charge in [-0.1, -0.05) is 0 Å². The number of hydrogen-bond acceptors (Lipinski definition) is 3. The average molecular weight is 184 g/mol. The minimum atomic E-state index is -0.954. The maximum Gasteiger partial charge on any atom is 0.100 e. The van der Waals surface area contributed by atoms with Crippen LogP contribution in [0.15, 0.2) is 0 Å². The van der Waals surface area contributed by atoms with E-state index in [4.69, 9.17) is 15.3 Å². The van der Waals surface area contributed by atoms with Crippen molar-refractivity contribution in [3.05, 3.63) is 0 Å². The average Bonchev–Trinajstić information content (AvgIpc) is 1.65. The molecule has 3 N–H and O–H groups in total. The SMILES string of the molecule is OCC(O)CO.[Na].[Na].[Na].[Na]. The van der Waals surface area contributed by atoms with Crippen LogP contribution in [0, 0.1) is 0 Å². The van der Waals surface area contributed by atoms with E-state index in [0.717, 1.165) is 0 Å². The number of aliphatic hydroxyl groups is 3. The predicted molar refractivity (Wildman–Crippen MR) is 43.2 cm³/mol. The second-order valence-electron chi connectivity index (χ2n) is 1.02. The van der Waals surface area contributed by atoms with E-state index in [1.54, 1.807) is 0 Å². The Morgan fingerprint density at radius 3 is 1.00 bits per heavy atom. The molecule has 0 aromatic heterocycles. The Morgan fingerprint density at radius 2 is 1.00 bits per heavy atom. The standard InChI is InChI=1S/C3H8O3.4Na/c4-1-3(6)2-5;;;;/h3-6H,1-2H2;;;;. The van der Waals surface area contributed by atoms with Gasteiger partial charge in [-0.15, -0.1) is 0 Å². The van der Waals surface area contributed by atoms with Crippen LogP contribution in [0.2, 0.25) is 0 Å². The summed E-state index contributed by atoms with van der Waals surface area (Å²) in [5.74, 6) is 0. The zero-order chi connectivity index (χ0) is 4.99. The van der Waals surface area contributed by atoms with E-state index < -0.39 is 6.10 Å². The summed E-state index contributed by atoms with van der Waals surface area (Å²) in [5.41, 5.74) is 0. The van der Waals surface area contributed by atoms with Gasteiger partial charge in [0, 0.05) is 118 Å². The van der Waals surface area contributed by atoms with Gasteiger partial charge in [-0.2, -0.15) is 0 Å². The van der Waals surface area contributed by atoms with Gasteiger partial charge >= 0.3 is 0 Å². The van der Waals surface area contributed by atoms with E-state index in [0.29, 0.717) is 0 Å². The molecule has 0 aliphatic rings. The normalized spacial score (nSPS) is 6.00. The minimum Gasteiger partial charge on any atom is -0.394 e. The van der Waals surface area contributed by atoms with Crippen molar-refractivity contribution in [1.29, 1.82) is 0 Å². The fraction of sp³-hybridized carbons (Fsp3) is 1.00. The molecular weight excluding hydrogens is 176 g/mol. The summed E-state index contributed by atoms with van der Waals surface area (Å²) in [6.07, 6.45) is -0.954. The number of rotatable bonds is 2. The number of aliphatic hydroxyl groups excluding tert-OH is 3. The topological polar surface area (TPSA) is 60.7 Å². The third-order valence-electron chi connectivity index (χ3n) is 0.421. The molecule has 0 aliphatic carbocycles. The second-order valence-corrected chi connectivity index (χ2v) is 1.02. The summed E-state index contributed by atoms with van der Waals surface area (Å²) >= 11 is 0. The van der Waals surface area contributed by atoms with Gasteiger partial charge in [-0.3, -0.25) is 0 Å². The minimum absolute atomic E-state index is 0. The van der Waals surface area contributed by atoms with Gasteiger partial charge in [-0.25, -0.2) is 0 Å². The van der Waals surface area contributed by atoms with Crippen LogP contribution in [0.1, 0.15) is 0 Å². The third-order valence-corrected chi connectivity index (χ3v) is 0.421. The van der Waals surface area contributed by atoms with E-state index in [9.17, 15) is 0 Å². The molecule has 0 bridgehead atoms. The summed E-state index contributed by atoms with van der Waals surface area (Å²) in [5, 5.41) is 24.0. The van der Waals surface area contributed by atoms with E-state index >= 15 is 0 Å². The maximum atomic E-state index is 8.17. The second kappa shape index (κ2) is 23.1. The van der Waals surface area contributed by atoms with Crippen molar-refractivity contribution < 1.29 is 15.3 Å². The van der Waals surface area contributed by atoms with E-state index in [1.165, 1.54) is 0 Å². The summed E-state index contributed by atoms with van der Waals surface area (Å²) < 4.78 is 0. The van der Waals surface area contributed by atoms with Gasteiger partial charge in [0.25, 0.3) is 0 Å². The van der Waals surface area contributed by atoms with Gasteiger partial charge in [-0.05, 0) is 0 Å². The molecule has 0 amide bonds. The smallest absolute Gasteiger partial charge is 0.100 e. The van der Waals surface area contributed by atoms with Crippen molar-refractivity contribution in [2.45, 2.75) is 6.10 Å². The molecule has 0 atom stereocenters. The first-order valence-electron chi connectivity index (χ1n) is 1.71. The van der Waals surface area contributed by atoms with E-state index in [1.807, 2.05) is 0 Å². The zero-order valence-corrected chi connectivity index (χ0v) is 15.3. The summed E-state index contributed by atoms with van der Waals surface area (Å²) in [6.45, 7) is -0.729. The van der Waals surface area contributed by atoms with Crippen LogP contribution in [0.4, 0.5) is 0 Å². The van der Waals surface area contributed by atoms with Crippen LogP contribution in [0.5, 0.6) is 0 Å². The van der Waals surface area contributed by atoms with Crippen LogP contribution in [0.3, 0.4) is 0 Å². The van der Waals surface area contributed by atoms with Crippen LogP contribution >= 0.6 is 0 Å². The summed E-state index contributed by atoms with van der Waals surface area (Å²) in [4.78, 5) is 0. The monoisotopic (exact) mass is 184 g/mol. The fourth-order valence-corrected chi connectivity index (χ4v) is 0.0577. The molecule has 0 heterocycles. The van der Waals surface area contributed by atoms with Crippen molar-refractivity contribution in [3.63, 3.8) is 0 Å². The van der Waals surface area contributed by atoms with Gasteiger partial charge in [0.05, 0.1) is 13.2 Å². The molecule has 7 heteroatoms. The summed E-state index contributed by atoms with van der Waals surface area (Å²) in [7, 11) is 0. The molecule has 0 saturated heterocycles.